The fraction of sp³-hybridized carbons (Fsp3) is 0.545. The molecule has 0 aromatic rings. The molecule has 104 valence electrons. The number of nitriles is 1. The standard InChI is InChI=1S/C11H12F3N3OS/c12-11(13,14)10-4-3-8(6-16-10)9-2-1-5-19(9,18)17-7-15/h3-4,9,16H,1-2,5-6H2. The highest BCUT2D eigenvalue weighted by Crippen LogP contribution is 2.31. The van der Waals surface area contributed by atoms with Gasteiger partial charge in [-0.25, -0.2) is 4.21 Å². The lowest BCUT2D eigenvalue weighted by Gasteiger charge is -2.23. The molecule has 2 aliphatic heterocycles. The monoisotopic (exact) mass is 291 g/mol. The zero-order valence-corrected chi connectivity index (χ0v) is 10.7. The molecular formula is C11H12F3N3OS. The van der Waals surface area contributed by atoms with Crippen molar-refractivity contribution in [2.24, 2.45) is 4.36 Å². The van der Waals surface area contributed by atoms with Gasteiger partial charge in [0.15, 0.2) is 0 Å². The van der Waals surface area contributed by atoms with Crippen molar-refractivity contribution in [2.75, 3.05) is 12.3 Å². The van der Waals surface area contributed by atoms with Gasteiger partial charge in [0.2, 0.25) is 6.19 Å². The molecule has 0 spiro atoms. The molecule has 2 atom stereocenters. The molecule has 8 heteroatoms. The van der Waals surface area contributed by atoms with E-state index in [1.807, 2.05) is 0 Å². The Balaban J connectivity index is 2.29. The van der Waals surface area contributed by atoms with Crippen LogP contribution in [0, 0.1) is 11.5 Å². The summed E-state index contributed by atoms with van der Waals surface area (Å²) in [6.45, 7) is -0.00600. The molecule has 0 radical (unpaired) electrons. The van der Waals surface area contributed by atoms with Crippen LogP contribution in [-0.2, 0) is 9.73 Å². The molecular weight excluding hydrogens is 279 g/mol. The van der Waals surface area contributed by atoms with E-state index >= 15 is 0 Å². The molecule has 0 saturated carbocycles. The third kappa shape index (κ3) is 2.76. The Kier molecular flexibility index (Phi) is 3.58. The van der Waals surface area contributed by atoms with Crippen molar-refractivity contribution in [3.8, 4) is 6.19 Å². The quantitative estimate of drug-likeness (QED) is 0.752. The SMILES string of the molecule is N#CN=S1(=O)CCCC1C1=CC=C(C(F)(F)F)NC1. The van der Waals surface area contributed by atoms with Crippen LogP contribution in [-0.4, -0.2) is 27.9 Å². The summed E-state index contributed by atoms with van der Waals surface area (Å²) < 4.78 is 53.2. The molecule has 0 bridgehead atoms. The first-order valence-electron chi connectivity index (χ1n) is 5.70. The highest BCUT2D eigenvalue weighted by molar-refractivity contribution is 7.94. The summed E-state index contributed by atoms with van der Waals surface area (Å²) in [6, 6.07) is 0. The molecule has 1 saturated heterocycles. The fourth-order valence-corrected chi connectivity index (χ4v) is 4.72. The van der Waals surface area contributed by atoms with Crippen molar-refractivity contribution in [1.29, 1.82) is 5.26 Å². The van der Waals surface area contributed by atoms with E-state index < -0.39 is 26.9 Å². The van der Waals surface area contributed by atoms with Gasteiger partial charge in [-0.15, -0.1) is 4.36 Å². The van der Waals surface area contributed by atoms with Crippen LogP contribution in [0.15, 0.2) is 27.8 Å². The molecule has 0 aromatic carbocycles. The predicted octanol–water partition coefficient (Wildman–Crippen LogP) is 2.07. The van der Waals surface area contributed by atoms with E-state index in [2.05, 4.69) is 9.68 Å². The van der Waals surface area contributed by atoms with Crippen molar-refractivity contribution < 1.29 is 17.4 Å². The van der Waals surface area contributed by atoms with Crippen LogP contribution in [0.5, 0.6) is 0 Å². The number of rotatable bonds is 1. The lowest BCUT2D eigenvalue weighted by atomic mass is 10.1. The summed E-state index contributed by atoms with van der Waals surface area (Å²) in [4.78, 5) is 0. The number of allylic oxidation sites excluding steroid dienone is 3. The molecule has 1 N–H and O–H groups in total. The van der Waals surface area contributed by atoms with Crippen molar-refractivity contribution in [3.05, 3.63) is 23.4 Å². The minimum Gasteiger partial charge on any atom is -0.377 e. The van der Waals surface area contributed by atoms with Crippen LogP contribution in [0.3, 0.4) is 0 Å². The molecule has 19 heavy (non-hydrogen) atoms. The molecule has 2 aliphatic rings. The van der Waals surface area contributed by atoms with Gasteiger partial charge in [-0.3, -0.25) is 0 Å². The molecule has 0 aromatic heterocycles. The third-order valence-corrected chi connectivity index (χ3v) is 5.90. The zero-order chi connectivity index (χ0) is 14.1. The third-order valence-electron chi connectivity index (χ3n) is 3.21. The Morgan fingerprint density at radius 1 is 1.47 bits per heavy atom. The Hall–Kier alpha value is -1.49. The molecule has 0 amide bonds. The molecule has 2 heterocycles. The van der Waals surface area contributed by atoms with E-state index in [0.717, 1.165) is 6.08 Å². The van der Waals surface area contributed by atoms with E-state index in [4.69, 9.17) is 5.26 Å². The Morgan fingerprint density at radius 3 is 2.74 bits per heavy atom. The maximum atomic E-state index is 12.4. The maximum Gasteiger partial charge on any atom is 0.430 e. The second-order valence-corrected chi connectivity index (χ2v) is 6.93. The number of hydrogen-bond donors (Lipinski definition) is 1. The summed E-state index contributed by atoms with van der Waals surface area (Å²) in [5.74, 6) is 0.332. The summed E-state index contributed by atoms with van der Waals surface area (Å²) in [5.41, 5.74) is -0.188. The van der Waals surface area contributed by atoms with Crippen LogP contribution in [0.4, 0.5) is 13.2 Å². The normalized spacial score (nSPS) is 30.9. The van der Waals surface area contributed by atoms with E-state index in [0.29, 0.717) is 24.2 Å². The average molecular weight is 291 g/mol. The van der Waals surface area contributed by atoms with E-state index in [1.165, 1.54) is 6.08 Å². The van der Waals surface area contributed by atoms with Crippen LogP contribution in [0.1, 0.15) is 12.8 Å². The fourth-order valence-electron chi connectivity index (χ4n) is 2.32. The number of alkyl halides is 3. The molecule has 2 unspecified atom stereocenters. The van der Waals surface area contributed by atoms with Gasteiger partial charge in [0, 0.05) is 12.3 Å². The van der Waals surface area contributed by atoms with Gasteiger partial charge in [-0.1, -0.05) is 6.08 Å². The van der Waals surface area contributed by atoms with Gasteiger partial charge in [-0.05, 0) is 24.5 Å². The molecule has 2 rings (SSSR count). The number of halogens is 3. The molecule has 0 aliphatic carbocycles. The van der Waals surface area contributed by atoms with Gasteiger partial charge in [0.05, 0.1) is 15.0 Å². The number of hydrogen-bond acceptors (Lipinski definition) is 4. The second kappa shape index (κ2) is 4.89. The predicted molar refractivity (Wildman–Crippen MR) is 64.3 cm³/mol. The first-order valence-corrected chi connectivity index (χ1v) is 7.45. The van der Waals surface area contributed by atoms with Crippen molar-refractivity contribution >= 4 is 9.73 Å². The maximum absolute atomic E-state index is 12.4. The molecule has 1 fully saturated rings. The average Bonchev–Trinajstić information content (AvgIpc) is 2.70. The number of nitrogens with one attached hydrogen (secondary N) is 1. The highest BCUT2D eigenvalue weighted by Gasteiger charge is 2.37. The minimum atomic E-state index is -4.41. The van der Waals surface area contributed by atoms with Crippen molar-refractivity contribution in [2.45, 2.75) is 24.3 Å². The summed E-state index contributed by atoms with van der Waals surface area (Å²) in [6.07, 6.45) is 0.708. The Bertz CT molecular complexity index is 591. The lowest BCUT2D eigenvalue weighted by Crippen LogP contribution is -2.33. The van der Waals surface area contributed by atoms with Gasteiger partial charge in [0.1, 0.15) is 5.70 Å². The first kappa shape index (κ1) is 13.9. The number of dihydropyridines is 1. The smallest absolute Gasteiger partial charge is 0.377 e. The van der Waals surface area contributed by atoms with Gasteiger partial charge in [0.25, 0.3) is 0 Å². The van der Waals surface area contributed by atoms with Gasteiger partial charge < -0.3 is 5.32 Å². The topological polar surface area (TPSA) is 65.2 Å². The van der Waals surface area contributed by atoms with Gasteiger partial charge >= 0.3 is 6.18 Å². The Morgan fingerprint density at radius 2 is 2.21 bits per heavy atom. The zero-order valence-electron chi connectivity index (χ0n) is 9.91. The van der Waals surface area contributed by atoms with Crippen LogP contribution >= 0.6 is 0 Å². The van der Waals surface area contributed by atoms with Crippen molar-refractivity contribution in [3.63, 3.8) is 0 Å². The largest absolute Gasteiger partial charge is 0.430 e. The molecule has 4 nitrogen and oxygen atoms in total. The van der Waals surface area contributed by atoms with Crippen molar-refractivity contribution in [1.82, 2.24) is 5.32 Å². The van der Waals surface area contributed by atoms with E-state index in [1.54, 1.807) is 6.19 Å². The van der Waals surface area contributed by atoms with Crippen LogP contribution < -0.4 is 5.32 Å². The van der Waals surface area contributed by atoms with Crippen LogP contribution in [0.25, 0.3) is 0 Å². The second-order valence-electron chi connectivity index (χ2n) is 4.39. The summed E-state index contributed by atoms with van der Waals surface area (Å²) >= 11 is 0. The summed E-state index contributed by atoms with van der Waals surface area (Å²) in [7, 11) is -2.65. The van der Waals surface area contributed by atoms with Gasteiger partial charge in [-0.2, -0.15) is 18.4 Å². The minimum absolute atomic E-state index is 0.00600. The van der Waals surface area contributed by atoms with E-state index in [-0.39, 0.29) is 6.54 Å². The highest BCUT2D eigenvalue weighted by atomic mass is 32.2. The van der Waals surface area contributed by atoms with Crippen LogP contribution in [0.2, 0.25) is 0 Å². The van der Waals surface area contributed by atoms with E-state index in [9.17, 15) is 17.4 Å². The first-order chi connectivity index (χ1) is 8.87. The summed E-state index contributed by atoms with van der Waals surface area (Å²) in [5, 5.41) is 10.4. The number of nitrogens with zero attached hydrogens (tertiary/aromatic N) is 2. The lowest BCUT2D eigenvalue weighted by molar-refractivity contribution is -0.0966. The Labute approximate surface area is 109 Å².